The average molecular weight is 259 g/mol. The van der Waals surface area contributed by atoms with Gasteiger partial charge in [-0.05, 0) is 19.1 Å². The van der Waals surface area contributed by atoms with Crippen LogP contribution in [0.15, 0.2) is 33.7 Å². The van der Waals surface area contributed by atoms with Crippen LogP contribution >= 0.6 is 0 Å². The van der Waals surface area contributed by atoms with Crippen LogP contribution in [-0.2, 0) is 9.59 Å². The molecule has 19 heavy (non-hydrogen) atoms. The van der Waals surface area contributed by atoms with E-state index in [1.54, 1.807) is 25.1 Å². The number of rotatable bonds is 1. The number of fused-ring (bicyclic) bond motifs is 1. The lowest BCUT2D eigenvalue weighted by Gasteiger charge is -2.08. The van der Waals surface area contributed by atoms with Gasteiger partial charge >= 0.3 is 5.97 Å². The molecule has 0 aliphatic rings. The summed E-state index contributed by atoms with van der Waals surface area (Å²) < 4.78 is 10.8. The summed E-state index contributed by atoms with van der Waals surface area (Å²) in [6, 6.07) is 7.10. The molecule has 98 valence electrons. The monoisotopic (exact) mass is 259 g/mol. The van der Waals surface area contributed by atoms with Crippen LogP contribution < -0.4 is 10.3 Å². The third kappa shape index (κ3) is 2.70. The van der Waals surface area contributed by atoms with Crippen LogP contribution in [0.1, 0.15) is 19.4 Å². The van der Waals surface area contributed by atoms with E-state index in [1.165, 1.54) is 13.8 Å². The van der Waals surface area contributed by atoms with Crippen LogP contribution in [0.2, 0.25) is 0 Å². The normalized spacial score (nSPS) is 11.6. The molecule has 0 fully saturated rings. The standard InChI is InChI=1S/C14H13NO4/c1-8-13(18-10(3)17)11-6-4-5-7-12(11)19-14(8)15-9(2)16/h4-7H,1-3H3. The highest BCUT2D eigenvalue weighted by Crippen LogP contribution is 2.27. The smallest absolute Gasteiger partial charge is 0.308 e. The first-order valence-corrected chi connectivity index (χ1v) is 5.75. The average Bonchev–Trinajstić information content (AvgIpc) is 2.33. The van der Waals surface area contributed by atoms with Crippen LogP contribution in [0.4, 0.5) is 0 Å². The van der Waals surface area contributed by atoms with E-state index in [4.69, 9.17) is 9.15 Å². The molecule has 2 rings (SSSR count). The summed E-state index contributed by atoms with van der Waals surface area (Å²) in [6.07, 6.45) is 0. The van der Waals surface area contributed by atoms with Crippen molar-refractivity contribution >= 4 is 22.8 Å². The Morgan fingerprint density at radius 1 is 1.21 bits per heavy atom. The molecule has 0 atom stereocenters. The van der Waals surface area contributed by atoms with E-state index in [-0.39, 0.29) is 11.5 Å². The molecule has 0 bridgehead atoms. The summed E-state index contributed by atoms with van der Waals surface area (Å²) in [5.41, 5.74) is 1.18. The van der Waals surface area contributed by atoms with Crippen LogP contribution in [0.25, 0.3) is 11.0 Å². The van der Waals surface area contributed by atoms with Gasteiger partial charge in [-0.15, -0.1) is 0 Å². The SMILES string of the molecule is CC(=O)N=c1oc2ccccc2c(OC(C)=O)c1C. The number of nitrogens with zero attached hydrogens (tertiary/aromatic N) is 1. The molecule has 1 heterocycles. The molecular formula is C14H13NO4. The minimum Gasteiger partial charge on any atom is -0.438 e. The Bertz CT molecular complexity index is 728. The van der Waals surface area contributed by atoms with Crippen molar-refractivity contribution in [3.8, 4) is 5.75 Å². The van der Waals surface area contributed by atoms with E-state index >= 15 is 0 Å². The van der Waals surface area contributed by atoms with Gasteiger partial charge in [0.25, 0.3) is 0 Å². The maximum Gasteiger partial charge on any atom is 0.308 e. The molecular weight excluding hydrogens is 246 g/mol. The molecule has 0 unspecified atom stereocenters. The number of esters is 1. The van der Waals surface area contributed by atoms with Crippen LogP contribution in [-0.4, -0.2) is 11.9 Å². The van der Waals surface area contributed by atoms with Crippen LogP contribution in [0.3, 0.4) is 0 Å². The lowest BCUT2D eigenvalue weighted by atomic mass is 10.1. The van der Waals surface area contributed by atoms with Crippen molar-refractivity contribution in [1.82, 2.24) is 0 Å². The van der Waals surface area contributed by atoms with Crippen molar-refractivity contribution in [2.24, 2.45) is 4.99 Å². The molecule has 0 aliphatic heterocycles. The van der Waals surface area contributed by atoms with Crippen LogP contribution in [0.5, 0.6) is 5.75 Å². The second kappa shape index (κ2) is 5.06. The van der Waals surface area contributed by atoms with Crippen molar-refractivity contribution in [3.05, 3.63) is 35.4 Å². The molecule has 0 spiro atoms. The van der Waals surface area contributed by atoms with E-state index in [0.29, 0.717) is 22.3 Å². The second-order valence-corrected chi connectivity index (χ2v) is 4.08. The lowest BCUT2D eigenvalue weighted by Crippen LogP contribution is -2.13. The zero-order valence-electron chi connectivity index (χ0n) is 10.9. The minimum absolute atomic E-state index is 0.155. The molecule has 0 saturated carbocycles. The van der Waals surface area contributed by atoms with E-state index < -0.39 is 5.97 Å². The third-order valence-electron chi connectivity index (χ3n) is 2.50. The van der Waals surface area contributed by atoms with Gasteiger partial charge in [-0.1, -0.05) is 12.1 Å². The Morgan fingerprint density at radius 2 is 1.89 bits per heavy atom. The van der Waals surface area contributed by atoms with Gasteiger partial charge in [0, 0.05) is 13.8 Å². The summed E-state index contributed by atoms with van der Waals surface area (Å²) in [7, 11) is 0. The van der Waals surface area contributed by atoms with Gasteiger partial charge in [0.05, 0.1) is 10.9 Å². The molecule has 1 aromatic heterocycles. The minimum atomic E-state index is -0.437. The molecule has 0 aliphatic carbocycles. The van der Waals surface area contributed by atoms with Gasteiger partial charge in [-0.2, -0.15) is 4.99 Å². The Morgan fingerprint density at radius 3 is 2.53 bits per heavy atom. The maximum absolute atomic E-state index is 11.2. The number of ether oxygens (including phenoxy) is 1. The third-order valence-corrected chi connectivity index (χ3v) is 2.50. The topological polar surface area (TPSA) is 68.9 Å². The van der Waals surface area contributed by atoms with Gasteiger partial charge in [0.15, 0.2) is 0 Å². The van der Waals surface area contributed by atoms with Gasteiger partial charge < -0.3 is 9.15 Å². The molecule has 0 N–H and O–H groups in total. The largest absolute Gasteiger partial charge is 0.438 e. The van der Waals surface area contributed by atoms with Gasteiger partial charge in [0.1, 0.15) is 11.3 Å². The number of carbonyl (C=O) groups is 2. The summed E-state index contributed by atoms with van der Waals surface area (Å²) in [5, 5.41) is 0.665. The number of para-hydroxylation sites is 1. The summed E-state index contributed by atoms with van der Waals surface area (Å²) >= 11 is 0. The Labute approximate surface area is 109 Å². The summed E-state index contributed by atoms with van der Waals surface area (Å²) in [6.45, 7) is 4.34. The number of carbonyl (C=O) groups excluding carboxylic acids is 2. The predicted octanol–water partition coefficient (Wildman–Crippen LogP) is 2.11. The first-order valence-electron chi connectivity index (χ1n) is 5.75. The quantitative estimate of drug-likeness (QED) is 0.735. The fourth-order valence-corrected chi connectivity index (χ4v) is 1.75. The molecule has 5 heteroatoms. The molecule has 0 saturated heterocycles. The lowest BCUT2D eigenvalue weighted by molar-refractivity contribution is -0.131. The zero-order valence-corrected chi connectivity index (χ0v) is 10.9. The molecule has 2 aromatic rings. The Kier molecular flexibility index (Phi) is 3.46. The van der Waals surface area contributed by atoms with Crippen molar-refractivity contribution < 1.29 is 18.7 Å². The summed E-state index contributed by atoms with van der Waals surface area (Å²) in [5.74, 6) is -0.446. The highest BCUT2D eigenvalue weighted by molar-refractivity contribution is 5.87. The van der Waals surface area contributed by atoms with Crippen molar-refractivity contribution in [3.63, 3.8) is 0 Å². The number of amides is 1. The number of hydrogen-bond donors (Lipinski definition) is 0. The van der Waals surface area contributed by atoms with Crippen molar-refractivity contribution in [1.29, 1.82) is 0 Å². The Balaban J connectivity index is 2.84. The van der Waals surface area contributed by atoms with E-state index in [2.05, 4.69) is 4.99 Å². The van der Waals surface area contributed by atoms with Crippen molar-refractivity contribution in [2.45, 2.75) is 20.8 Å². The van der Waals surface area contributed by atoms with Gasteiger partial charge in [-0.3, -0.25) is 9.59 Å². The first-order chi connectivity index (χ1) is 8.99. The van der Waals surface area contributed by atoms with Gasteiger partial charge in [0.2, 0.25) is 11.5 Å². The Hall–Kier alpha value is -2.43. The van der Waals surface area contributed by atoms with E-state index in [9.17, 15) is 9.59 Å². The fraction of sp³-hybridized carbons (Fsp3) is 0.214. The van der Waals surface area contributed by atoms with Gasteiger partial charge in [-0.25, -0.2) is 0 Å². The van der Waals surface area contributed by atoms with Crippen molar-refractivity contribution in [2.75, 3.05) is 0 Å². The highest BCUT2D eigenvalue weighted by Gasteiger charge is 2.13. The molecule has 1 amide bonds. The highest BCUT2D eigenvalue weighted by atomic mass is 16.5. The van der Waals surface area contributed by atoms with E-state index in [0.717, 1.165) is 0 Å². The predicted molar refractivity (Wildman–Crippen MR) is 68.5 cm³/mol. The maximum atomic E-state index is 11.2. The molecule has 1 aromatic carbocycles. The number of hydrogen-bond acceptors (Lipinski definition) is 4. The molecule has 0 radical (unpaired) electrons. The zero-order chi connectivity index (χ0) is 14.0. The fourth-order valence-electron chi connectivity index (χ4n) is 1.75. The summed E-state index contributed by atoms with van der Waals surface area (Å²) in [4.78, 5) is 26.1. The van der Waals surface area contributed by atoms with Crippen LogP contribution in [0, 0.1) is 6.92 Å². The molecule has 5 nitrogen and oxygen atoms in total. The number of benzene rings is 1. The second-order valence-electron chi connectivity index (χ2n) is 4.08. The first kappa shape index (κ1) is 13.0. The van der Waals surface area contributed by atoms with E-state index in [1.807, 2.05) is 6.07 Å².